The first-order valence-electron chi connectivity index (χ1n) is 10.1. The standard InChI is InChI=1S/C24H16F2N2O4/c25-18-7-5-14(11-19(18)26)22(29)27-9-10-28-23(30)16-3-1-2-4-17(16)24(27,28)15-6-8-20-21(12-15)32-13-31-20/h1-8,11-12H,9-10,13H2. The minimum absolute atomic E-state index is 0.00250. The van der Waals surface area contributed by atoms with Crippen molar-refractivity contribution in [3.8, 4) is 11.5 Å². The molecule has 3 aliphatic rings. The molecule has 160 valence electrons. The lowest BCUT2D eigenvalue weighted by Crippen LogP contribution is -2.51. The van der Waals surface area contributed by atoms with Crippen molar-refractivity contribution in [1.29, 1.82) is 0 Å². The summed E-state index contributed by atoms with van der Waals surface area (Å²) in [5.74, 6) is -1.75. The lowest BCUT2D eigenvalue weighted by atomic mass is 9.89. The Morgan fingerprint density at radius 3 is 2.56 bits per heavy atom. The first kappa shape index (κ1) is 18.8. The molecule has 0 N–H and O–H groups in total. The molecular formula is C24H16F2N2O4. The fourth-order valence-electron chi connectivity index (χ4n) is 4.94. The van der Waals surface area contributed by atoms with E-state index in [4.69, 9.17) is 9.47 Å². The maximum absolute atomic E-state index is 13.9. The van der Waals surface area contributed by atoms with Crippen LogP contribution < -0.4 is 9.47 Å². The molecule has 0 bridgehead atoms. The number of fused-ring (bicyclic) bond motifs is 4. The number of hydrogen-bond acceptors (Lipinski definition) is 4. The molecule has 3 aromatic rings. The molecule has 1 atom stereocenters. The highest BCUT2D eigenvalue weighted by Crippen LogP contribution is 2.51. The maximum atomic E-state index is 13.9. The van der Waals surface area contributed by atoms with Crippen LogP contribution in [0.4, 0.5) is 8.78 Å². The first-order chi connectivity index (χ1) is 15.5. The molecule has 8 heteroatoms. The lowest BCUT2D eigenvalue weighted by Gasteiger charge is -2.40. The van der Waals surface area contributed by atoms with Gasteiger partial charge in [-0.2, -0.15) is 0 Å². The summed E-state index contributed by atoms with van der Waals surface area (Å²) in [7, 11) is 0. The number of rotatable bonds is 2. The molecule has 0 aromatic heterocycles. The van der Waals surface area contributed by atoms with E-state index in [0.717, 1.165) is 12.1 Å². The summed E-state index contributed by atoms with van der Waals surface area (Å²) >= 11 is 0. The molecule has 1 unspecified atom stereocenters. The largest absolute Gasteiger partial charge is 0.454 e. The van der Waals surface area contributed by atoms with E-state index in [-0.39, 0.29) is 31.4 Å². The van der Waals surface area contributed by atoms with E-state index in [9.17, 15) is 18.4 Å². The van der Waals surface area contributed by atoms with Gasteiger partial charge in [-0.25, -0.2) is 8.78 Å². The molecule has 1 fully saturated rings. The van der Waals surface area contributed by atoms with Crippen LogP contribution in [0.5, 0.6) is 11.5 Å². The van der Waals surface area contributed by atoms with Gasteiger partial charge < -0.3 is 19.3 Å². The van der Waals surface area contributed by atoms with Crippen molar-refractivity contribution in [2.75, 3.05) is 19.9 Å². The summed E-state index contributed by atoms with van der Waals surface area (Å²) in [6, 6.07) is 15.5. The van der Waals surface area contributed by atoms with Crippen molar-refractivity contribution in [3.05, 3.63) is 94.6 Å². The molecule has 0 aliphatic carbocycles. The smallest absolute Gasteiger partial charge is 0.256 e. The molecule has 2 amide bonds. The van der Waals surface area contributed by atoms with Gasteiger partial charge in [0.25, 0.3) is 11.8 Å². The number of nitrogens with zero attached hydrogens (tertiary/aromatic N) is 2. The average molecular weight is 434 g/mol. The summed E-state index contributed by atoms with van der Waals surface area (Å²) < 4.78 is 38.4. The molecule has 3 aromatic carbocycles. The van der Waals surface area contributed by atoms with Gasteiger partial charge in [0.2, 0.25) is 6.79 Å². The topological polar surface area (TPSA) is 59.1 Å². The zero-order valence-corrected chi connectivity index (χ0v) is 16.7. The van der Waals surface area contributed by atoms with E-state index < -0.39 is 23.2 Å². The number of hydrogen-bond donors (Lipinski definition) is 0. The van der Waals surface area contributed by atoms with Gasteiger partial charge in [-0.15, -0.1) is 0 Å². The third-order valence-corrected chi connectivity index (χ3v) is 6.29. The number of halogens is 2. The minimum Gasteiger partial charge on any atom is -0.454 e. The van der Waals surface area contributed by atoms with Crippen LogP contribution in [0.25, 0.3) is 0 Å². The van der Waals surface area contributed by atoms with Crippen LogP contribution in [-0.4, -0.2) is 41.5 Å². The van der Waals surface area contributed by atoms with Crippen LogP contribution in [0.3, 0.4) is 0 Å². The molecule has 0 spiro atoms. The van der Waals surface area contributed by atoms with Crippen LogP contribution in [0, 0.1) is 11.6 Å². The van der Waals surface area contributed by atoms with Gasteiger partial charge in [-0.3, -0.25) is 9.59 Å². The van der Waals surface area contributed by atoms with Crippen LogP contribution in [0.15, 0.2) is 60.7 Å². The quantitative estimate of drug-likeness (QED) is 0.620. The van der Waals surface area contributed by atoms with E-state index >= 15 is 0 Å². The van der Waals surface area contributed by atoms with Gasteiger partial charge in [0, 0.05) is 35.3 Å². The summed E-state index contributed by atoms with van der Waals surface area (Å²) in [5.41, 5.74) is 0.554. The molecular weight excluding hydrogens is 418 g/mol. The number of carbonyl (C=O) groups is 2. The van der Waals surface area contributed by atoms with E-state index in [1.807, 2.05) is 12.1 Å². The second-order valence-electron chi connectivity index (χ2n) is 7.83. The van der Waals surface area contributed by atoms with Crippen LogP contribution >= 0.6 is 0 Å². The zero-order chi connectivity index (χ0) is 22.0. The molecule has 3 aliphatic heterocycles. The highest BCUT2D eigenvalue weighted by atomic mass is 19.2. The Bertz CT molecular complexity index is 1310. The Balaban J connectivity index is 1.58. The van der Waals surface area contributed by atoms with Gasteiger partial charge in [-0.1, -0.05) is 24.3 Å². The van der Waals surface area contributed by atoms with E-state index in [2.05, 4.69) is 0 Å². The maximum Gasteiger partial charge on any atom is 0.256 e. The third-order valence-electron chi connectivity index (χ3n) is 6.29. The van der Waals surface area contributed by atoms with E-state index in [0.29, 0.717) is 28.2 Å². The molecule has 32 heavy (non-hydrogen) atoms. The monoisotopic (exact) mass is 434 g/mol. The first-order valence-corrected chi connectivity index (χ1v) is 10.1. The second kappa shape index (κ2) is 6.53. The molecule has 0 saturated carbocycles. The molecule has 6 rings (SSSR count). The Labute approximate surface area is 181 Å². The van der Waals surface area contributed by atoms with Crippen molar-refractivity contribution >= 4 is 11.8 Å². The Morgan fingerprint density at radius 2 is 1.72 bits per heavy atom. The Kier molecular flexibility index (Phi) is 3.83. The summed E-state index contributed by atoms with van der Waals surface area (Å²) in [4.78, 5) is 30.1. The fraction of sp³-hybridized carbons (Fsp3) is 0.167. The van der Waals surface area contributed by atoms with Crippen molar-refractivity contribution in [3.63, 3.8) is 0 Å². The molecule has 1 saturated heterocycles. The number of amides is 2. The van der Waals surface area contributed by atoms with Crippen molar-refractivity contribution in [2.45, 2.75) is 5.66 Å². The molecule has 6 nitrogen and oxygen atoms in total. The zero-order valence-electron chi connectivity index (χ0n) is 16.7. The lowest BCUT2D eigenvalue weighted by molar-refractivity contribution is 0.0374. The van der Waals surface area contributed by atoms with Crippen LogP contribution in [-0.2, 0) is 5.66 Å². The predicted octanol–water partition coefficient (Wildman–Crippen LogP) is 3.51. The van der Waals surface area contributed by atoms with Gasteiger partial charge in [0.1, 0.15) is 0 Å². The molecule has 0 radical (unpaired) electrons. The van der Waals surface area contributed by atoms with Crippen LogP contribution in [0.2, 0.25) is 0 Å². The fourth-order valence-corrected chi connectivity index (χ4v) is 4.94. The third kappa shape index (κ3) is 2.32. The highest BCUT2D eigenvalue weighted by Gasteiger charge is 2.59. The Morgan fingerprint density at radius 1 is 0.906 bits per heavy atom. The van der Waals surface area contributed by atoms with Crippen LogP contribution in [0.1, 0.15) is 31.8 Å². The predicted molar refractivity (Wildman–Crippen MR) is 108 cm³/mol. The van der Waals surface area contributed by atoms with Crippen molar-refractivity contribution in [1.82, 2.24) is 9.80 Å². The van der Waals surface area contributed by atoms with Crippen molar-refractivity contribution in [2.24, 2.45) is 0 Å². The van der Waals surface area contributed by atoms with Gasteiger partial charge in [-0.05, 0) is 36.4 Å². The summed E-state index contributed by atoms with van der Waals surface area (Å²) in [5, 5.41) is 0. The summed E-state index contributed by atoms with van der Waals surface area (Å²) in [6.45, 7) is 0.603. The van der Waals surface area contributed by atoms with Gasteiger partial charge in [0.15, 0.2) is 28.8 Å². The average Bonchev–Trinajstić information content (AvgIpc) is 3.49. The second-order valence-corrected chi connectivity index (χ2v) is 7.83. The Hall–Kier alpha value is -3.94. The van der Waals surface area contributed by atoms with Gasteiger partial charge in [0.05, 0.1) is 0 Å². The van der Waals surface area contributed by atoms with Gasteiger partial charge >= 0.3 is 0 Å². The SMILES string of the molecule is O=C(c1ccc(F)c(F)c1)N1CCN2C(=O)c3ccccc3C12c1ccc2c(c1)OCO2. The normalized spacial score (nSPS) is 20.5. The number of carbonyl (C=O) groups excluding carboxylic acids is 2. The van der Waals surface area contributed by atoms with Crippen molar-refractivity contribution < 1.29 is 27.8 Å². The summed E-state index contributed by atoms with van der Waals surface area (Å²) in [6.07, 6.45) is 0. The highest BCUT2D eigenvalue weighted by molar-refractivity contribution is 6.03. The van der Waals surface area contributed by atoms with E-state index in [1.165, 1.54) is 6.07 Å². The molecule has 3 heterocycles. The number of ether oxygens (including phenoxy) is 2. The number of benzene rings is 3. The minimum atomic E-state index is -1.24. The van der Waals surface area contributed by atoms with E-state index in [1.54, 1.807) is 40.1 Å².